The van der Waals surface area contributed by atoms with Gasteiger partial charge >= 0.3 is 0 Å². The summed E-state index contributed by atoms with van der Waals surface area (Å²) >= 11 is 0. The molecule has 0 saturated carbocycles. The Kier molecular flexibility index (Phi) is 12.7. The highest BCUT2D eigenvalue weighted by Crippen LogP contribution is 2.22. The summed E-state index contributed by atoms with van der Waals surface area (Å²) in [6.07, 6.45) is 5.75. The van der Waals surface area contributed by atoms with Gasteiger partial charge in [0.25, 0.3) is 0 Å². The molecule has 0 spiro atoms. The fourth-order valence-corrected chi connectivity index (χ4v) is 3.22. The van der Waals surface area contributed by atoms with Crippen LogP contribution in [0.1, 0.15) is 55.8 Å². The Balaban J connectivity index is 1.36. The molecule has 172 valence electrons. The lowest BCUT2D eigenvalue weighted by Gasteiger charge is -2.14. The van der Waals surface area contributed by atoms with E-state index in [1.807, 2.05) is 30.3 Å². The molecule has 31 heavy (non-hydrogen) atoms. The predicted molar refractivity (Wildman–Crippen MR) is 122 cm³/mol. The maximum absolute atomic E-state index is 10.2. The van der Waals surface area contributed by atoms with Gasteiger partial charge in [0.15, 0.2) is 0 Å². The zero-order valence-electron chi connectivity index (χ0n) is 18.3. The molecule has 2 aromatic rings. The Hall–Kier alpha value is -2.12. The van der Waals surface area contributed by atoms with Crippen molar-refractivity contribution in [3.05, 3.63) is 59.7 Å². The molecule has 6 nitrogen and oxygen atoms in total. The first-order valence-electron chi connectivity index (χ1n) is 11.3. The van der Waals surface area contributed by atoms with Crippen molar-refractivity contribution in [2.45, 2.75) is 51.2 Å². The third kappa shape index (κ3) is 10.6. The molecule has 1 unspecified atom stereocenters. The standard InChI is InChI=1S/C25H37NO5/c27-20-22-18-21(12-13-24(22)28)25(29)19-26-14-6-1-2-7-15-30-16-8-9-17-31-23-10-4-3-5-11-23/h3-5,10-13,18,25-29H,1-2,6-9,14-17,19-20H2. The van der Waals surface area contributed by atoms with Gasteiger partial charge in [0.05, 0.1) is 19.3 Å². The van der Waals surface area contributed by atoms with Gasteiger partial charge in [-0.15, -0.1) is 0 Å². The Morgan fingerprint density at radius 1 is 0.839 bits per heavy atom. The van der Waals surface area contributed by atoms with Gasteiger partial charge in [0.1, 0.15) is 11.5 Å². The number of nitrogens with one attached hydrogen (secondary N) is 1. The molecule has 2 rings (SSSR count). The zero-order chi connectivity index (χ0) is 22.2. The molecule has 0 radical (unpaired) electrons. The number of para-hydroxylation sites is 1. The topological polar surface area (TPSA) is 91.2 Å². The van der Waals surface area contributed by atoms with Gasteiger partial charge in [-0.25, -0.2) is 0 Å². The third-order valence-corrected chi connectivity index (χ3v) is 5.08. The fourth-order valence-electron chi connectivity index (χ4n) is 3.22. The minimum Gasteiger partial charge on any atom is -0.508 e. The third-order valence-electron chi connectivity index (χ3n) is 5.08. The van der Waals surface area contributed by atoms with Crippen LogP contribution in [0.15, 0.2) is 48.5 Å². The average molecular weight is 432 g/mol. The van der Waals surface area contributed by atoms with E-state index in [-0.39, 0.29) is 12.4 Å². The second kappa shape index (κ2) is 15.6. The first-order valence-corrected chi connectivity index (χ1v) is 11.3. The number of benzene rings is 2. The van der Waals surface area contributed by atoms with Crippen LogP contribution in [0.4, 0.5) is 0 Å². The van der Waals surface area contributed by atoms with E-state index < -0.39 is 6.10 Å². The van der Waals surface area contributed by atoms with Crippen molar-refractivity contribution in [1.82, 2.24) is 5.32 Å². The summed E-state index contributed by atoms with van der Waals surface area (Å²) in [6.45, 7) is 3.38. The number of hydrogen-bond acceptors (Lipinski definition) is 6. The van der Waals surface area contributed by atoms with Gasteiger partial charge in [-0.3, -0.25) is 0 Å². The summed E-state index contributed by atoms with van der Waals surface area (Å²) in [7, 11) is 0. The lowest BCUT2D eigenvalue weighted by atomic mass is 10.1. The number of aromatic hydroxyl groups is 1. The van der Waals surface area contributed by atoms with E-state index in [2.05, 4.69) is 5.32 Å². The molecule has 0 amide bonds. The fraction of sp³-hybridized carbons (Fsp3) is 0.520. The van der Waals surface area contributed by atoms with E-state index in [9.17, 15) is 15.3 Å². The lowest BCUT2D eigenvalue weighted by Crippen LogP contribution is -2.22. The smallest absolute Gasteiger partial charge is 0.121 e. The van der Waals surface area contributed by atoms with Gasteiger partial charge in [-0.2, -0.15) is 0 Å². The number of aliphatic hydroxyl groups excluding tert-OH is 2. The average Bonchev–Trinajstić information content (AvgIpc) is 2.80. The van der Waals surface area contributed by atoms with E-state index in [1.54, 1.807) is 12.1 Å². The summed E-state index contributed by atoms with van der Waals surface area (Å²) in [6, 6.07) is 14.7. The van der Waals surface area contributed by atoms with Gasteiger partial charge in [-0.05, 0) is 62.1 Å². The summed E-state index contributed by atoms with van der Waals surface area (Å²) in [5, 5.41) is 32.3. The minimum atomic E-state index is -0.655. The van der Waals surface area contributed by atoms with E-state index in [4.69, 9.17) is 9.47 Å². The van der Waals surface area contributed by atoms with Crippen molar-refractivity contribution in [3.8, 4) is 11.5 Å². The Bertz CT molecular complexity index is 710. The molecule has 0 aromatic heterocycles. The van der Waals surface area contributed by atoms with E-state index in [0.717, 1.165) is 70.6 Å². The highest BCUT2D eigenvalue weighted by molar-refractivity contribution is 5.36. The molecule has 6 heteroatoms. The minimum absolute atomic E-state index is 0.0486. The normalized spacial score (nSPS) is 12.1. The molecule has 0 bridgehead atoms. The van der Waals surface area contributed by atoms with E-state index >= 15 is 0 Å². The first-order chi connectivity index (χ1) is 15.2. The number of aliphatic hydroxyl groups is 2. The summed E-state index contributed by atoms with van der Waals surface area (Å²) in [5.74, 6) is 0.969. The Morgan fingerprint density at radius 3 is 2.32 bits per heavy atom. The number of hydrogen-bond donors (Lipinski definition) is 4. The lowest BCUT2D eigenvalue weighted by molar-refractivity contribution is 0.122. The van der Waals surface area contributed by atoms with Crippen LogP contribution in [-0.4, -0.2) is 48.2 Å². The Labute approximate surface area is 185 Å². The zero-order valence-corrected chi connectivity index (χ0v) is 18.3. The second-order valence-corrected chi connectivity index (χ2v) is 7.66. The second-order valence-electron chi connectivity index (χ2n) is 7.66. The van der Waals surface area contributed by atoms with Crippen LogP contribution in [0.2, 0.25) is 0 Å². The first kappa shape index (κ1) is 25.1. The number of rotatable bonds is 17. The highest BCUT2D eigenvalue weighted by Gasteiger charge is 2.09. The molecular formula is C25H37NO5. The van der Waals surface area contributed by atoms with E-state index in [0.29, 0.717) is 17.7 Å². The van der Waals surface area contributed by atoms with Crippen LogP contribution in [0.3, 0.4) is 0 Å². The molecular weight excluding hydrogens is 394 g/mol. The van der Waals surface area contributed by atoms with Crippen molar-refractivity contribution in [2.75, 3.05) is 32.9 Å². The molecule has 0 aliphatic heterocycles. The van der Waals surface area contributed by atoms with Crippen LogP contribution in [-0.2, 0) is 11.3 Å². The maximum Gasteiger partial charge on any atom is 0.121 e. The van der Waals surface area contributed by atoms with Crippen molar-refractivity contribution in [2.24, 2.45) is 0 Å². The van der Waals surface area contributed by atoms with Gasteiger partial charge < -0.3 is 30.1 Å². The largest absolute Gasteiger partial charge is 0.508 e. The van der Waals surface area contributed by atoms with Crippen LogP contribution in [0.5, 0.6) is 11.5 Å². The maximum atomic E-state index is 10.2. The molecule has 2 aromatic carbocycles. The van der Waals surface area contributed by atoms with Crippen molar-refractivity contribution in [1.29, 1.82) is 0 Å². The van der Waals surface area contributed by atoms with Crippen LogP contribution >= 0.6 is 0 Å². The molecule has 0 heterocycles. The number of unbranched alkanes of at least 4 members (excludes halogenated alkanes) is 4. The quantitative estimate of drug-likeness (QED) is 0.284. The SMILES string of the molecule is OCc1cc(C(O)CNCCCCCCOCCCCOc2ccccc2)ccc1O. The number of ether oxygens (including phenoxy) is 2. The van der Waals surface area contributed by atoms with Crippen LogP contribution in [0.25, 0.3) is 0 Å². The molecule has 0 aliphatic carbocycles. The van der Waals surface area contributed by atoms with E-state index in [1.165, 1.54) is 6.07 Å². The predicted octanol–water partition coefficient (Wildman–Crippen LogP) is 3.94. The summed E-state index contributed by atoms with van der Waals surface area (Å²) in [4.78, 5) is 0. The van der Waals surface area contributed by atoms with Crippen molar-refractivity contribution < 1.29 is 24.8 Å². The highest BCUT2D eigenvalue weighted by atomic mass is 16.5. The Morgan fingerprint density at radius 2 is 1.55 bits per heavy atom. The van der Waals surface area contributed by atoms with Gasteiger partial charge in [-0.1, -0.05) is 37.1 Å². The van der Waals surface area contributed by atoms with Crippen LogP contribution in [0, 0.1) is 0 Å². The molecule has 4 N–H and O–H groups in total. The molecule has 1 atom stereocenters. The number of phenols is 1. The summed E-state index contributed by atoms with van der Waals surface area (Å²) in [5.41, 5.74) is 1.12. The molecule has 0 fully saturated rings. The van der Waals surface area contributed by atoms with Gasteiger partial charge in [0, 0.05) is 25.3 Å². The summed E-state index contributed by atoms with van der Waals surface area (Å²) < 4.78 is 11.3. The van der Waals surface area contributed by atoms with Crippen molar-refractivity contribution >= 4 is 0 Å². The molecule has 0 saturated heterocycles. The molecule has 0 aliphatic rings. The van der Waals surface area contributed by atoms with Crippen molar-refractivity contribution in [3.63, 3.8) is 0 Å². The monoisotopic (exact) mass is 431 g/mol. The van der Waals surface area contributed by atoms with Gasteiger partial charge in [0.2, 0.25) is 0 Å². The van der Waals surface area contributed by atoms with Crippen LogP contribution < -0.4 is 10.1 Å².